The SMILES string of the molecule is Clc1ccc(C=CCC2CO2)cc1. The van der Waals surface area contributed by atoms with Crippen molar-refractivity contribution in [2.75, 3.05) is 6.61 Å². The summed E-state index contributed by atoms with van der Waals surface area (Å²) >= 11 is 5.76. The van der Waals surface area contributed by atoms with Crippen molar-refractivity contribution in [1.29, 1.82) is 0 Å². The maximum Gasteiger partial charge on any atom is 0.0844 e. The molecule has 0 N–H and O–H groups in total. The summed E-state index contributed by atoms with van der Waals surface area (Å²) < 4.78 is 5.09. The standard InChI is InChI=1S/C11H11ClO/c12-10-6-4-9(5-7-10)2-1-3-11-8-13-11/h1-2,4-7,11H,3,8H2. The highest BCUT2D eigenvalue weighted by Crippen LogP contribution is 2.15. The van der Waals surface area contributed by atoms with E-state index in [1.54, 1.807) is 0 Å². The van der Waals surface area contributed by atoms with E-state index in [1.807, 2.05) is 24.3 Å². The second kappa shape index (κ2) is 3.95. The second-order valence-electron chi connectivity index (χ2n) is 3.14. The monoisotopic (exact) mass is 194 g/mol. The number of rotatable bonds is 3. The summed E-state index contributed by atoms with van der Waals surface area (Å²) in [5, 5.41) is 0.780. The molecule has 0 aliphatic carbocycles. The van der Waals surface area contributed by atoms with Crippen LogP contribution in [0.2, 0.25) is 5.02 Å². The highest BCUT2D eigenvalue weighted by atomic mass is 35.5. The van der Waals surface area contributed by atoms with Gasteiger partial charge in [0.1, 0.15) is 0 Å². The number of hydrogen-bond acceptors (Lipinski definition) is 1. The molecule has 1 nitrogen and oxygen atoms in total. The molecule has 1 heterocycles. The molecule has 68 valence electrons. The van der Waals surface area contributed by atoms with Gasteiger partial charge in [-0.15, -0.1) is 0 Å². The van der Waals surface area contributed by atoms with Gasteiger partial charge in [-0.25, -0.2) is 0 Å². The molecule has 2 heteroatoms. The summed E-state index contributed by atoms with van der Waals surface area (Å²) in [6.07, 6.45) is 5.73. The van der Waals surface area contributed by atoms with Gasteiger partial charge in [0.2, 0.25) is 0 Å². The Labute approximate surface area is 83.0 Å². The molecule has 1 fully saturated rings. The highest BCUT2D eigenvalue weighted by molar-refractivity contribution is 6.30. The summed E-state index contributed by atoms with van der Waals surface area (Å²) in [5.74, 6) is 0. The van der Waals surface area contributed by atoms with Crippen LogP contribution in [0.1, 0.15) is 12.0 Å². The summed E-state index contributed by atoms with van der Waals surface area (Å²) in [6, 6.07) is 7.81. The van der Waals surface area contributed by atoms with Gasteiger partial charge in [-0.05, 0) is 24.1 Å². The summed E-state index contributed by atoms with van der Waals surface area (Å²) in [6.45, 7) is 0.922. The lowest BCUT2D eigenvalue weighted by Gasteiger charge is -1.92. The van der Waals surface area contributed by atoms with Crippen molar-refractivity contribution in [2.45, 2.75) is 12.5 Å². The first kappa shape index (κ1) is 8.79. The smallest absolute Gasteiger partial charge is 0.0844 e. The molecule has 13 heavy (non-hydrogen) atoms. The van der Waals surface area contributed by atoms with Crippen molar-refractivity contribution < 1.29 is 4.74 Å². The third-order valence-electron chi connectivity index (χ3n) is 1.98. The van der Waals surface area contributed by atoms with Crippen LogP contribution in [0.4, 0.5) is 0 Å². The van der Waals surface area contributed by atoms with Gasteiger partial charge in [-0.2, -0.15) is 0 Å². The zero-order valence-corrected chi connectivity index (χ0v) is 8.00. The quantitative estimate of drug-likeness (QED) is 0.674. The molecular weight excluding hydrogens is 184 g/mol. The van der Waals surface area contributed by atoms with Crippen LogP contribution in [0.15, 0.2) is 30.3 Å². The lowest BCUT2D eigenvalue weighted by molar-refractivity contribution is 0.410. The van der Waals surface area contributed by atoms with Gasteiger partial charge in [-0.1, -0.05) is 35.9 Å². The molecule has 1 saturated heterocycles. The Bertz CT molecular complexity index is 298. The van der Waals surface area contributed by atoms with E-state index in [4.69, 9.17) is 16.3 Å². The Kier molecular flexibility index (Phi) is 2.67. The van der Waals surface area contributed by atoms with E-state index in [-0.39, 0.29) is 0 Å². The Morgan fingerprint density at radius 3 is 2.69 bits per heavy atom. The first-order valence-electron chi connectivity index (χ1n) is 4.38. The topological polar surface area (TPSA) is 12.5 Å². The van der Waals surface area contributed by atoms with E-state index >= 15 is 0 Å². The molecule has 1 unspecified atom stereocenters. The van der Waals surface area contributed by atoms with Crippen molar-refractivity contribution in [3.8, 4) is 0 Å². The van der Waals surface area contributed by atoms with Crippen LogP contribution in [0.25, 0.3) is 6.08 Å². The Morgan fingerprint density at radius 1 is 1.38 bits per heavy atom. The lowest BCUT2D eigenvalue weighted by atomic mass is 10.2. The zero-order valence-electron chi connectivity index (χ0n) is 7.24. The molecule has 1 aromatic carbocycles. The highest BCUT2D eigenvalue weighted by Gasteiger charge is 2.19. The molecule has 1 atom stereocenters. The predicted molar refractivity (Wildman–Crippen MR) is 54.8 cm³/mol. The minimum absolute atomic E-state index is 0.476. The van der Waals surface area contributed by atoms with Crippen LogP contribution < -0.4 is 0 Å². The van der Waals surface area contributed by atoms with Crippen molar-refractivity contribution in [3.63, 3.8) is 0 Å². The molecule has 0 amide bonds. The third-order valence-corrected chi connectivity index (χ3v) is 2.23. The molecule has 1 aromatic rings. The number of ether oxygens (including phenoxy) is 1. The average molecular weight is 195 g/mol. The first-order valence-corrected chi connectivity index (χ1v) is 4.76. The van der Waals surface area contributed by atoms with Crippen LogP contribution in [0.5, 0.6) is 0 Å². The fourth-order valence-electron chi connectivity index (χ4n) is 1.13. The van der Waals surface area contributed by atoms with Gasteiger partial charge in [-0.3, -0.25) is 0 Å². The summed E-state index contributed by atoms with van der Waals surface area (Å²) in [7, 11) is 0. The maximum atomic E-state index is 5.76. The first-order chi connectivity index (χ1) is 6.34. The second-order valence-corrected chi connectivity index (χ2v) is 3.58. The van der Waals surface area contributed by atoms with E-state index in [0.717, 1.165) is 18.1 Å². The molecule has 0 saturated carbocycles. The van der Waals surface area contributed by atoms with Gasteiger partial charge in [0.25, 0.3) is 0 Å². The van der Waals surface area contributed by atoms with Crippen molar-refractivity contribution in [3.05, 3.63) is 40.9 Å². The molecule has 0 bridgehead atoms. The van der Waals surface area contributed by atoms with Crippen LogP contribution in [0.3, 0.4) is 0 Å². The summed E-state index contributed by atoms with van der Waals surface area (Å²) in [5.41, 5.74) is 1.19. The van der Waals surface area contributed by atoms with Crippen LogP contribution in [0, 0.1) is 0 Å². The molecular formula is C11H11ClO. The third kappa shape index (κ3) is 2.87. The predicted octanol–water partition coefficient (Wildman–Crippen LogP) is 3.14. The van der Waals surface area contributed by atoms with Crippen molar-refractivity contribution in [1.82, 2.24) is 0 Å². The maximum absolute atomic E-state index is 5.76. The van der Waals surface area contributed by atoms with Crippen LogP contribution in [-0.4, -0.2) is 12.7 Å². The van der Waals surface area contributed by atoms with Crippen LogP contribution in [-0.2, 0) is 4.74 Å². The molecule has 0 radical (unpaired) electrons. The Hall–Kier alpha value is -0.790. The van der Waals surface area contributed by atoms with Gasteiger partial charge in [0.15, 0.2) is 0 Å². The molecule has 1 aliphatic rings. The number of epoxide rings is 1. The number of hydrogen-bond donors (Lipinski definition) is 0. The van der Waals surface area contributed by atoms with Crippen molar-refractivity contribution >= 4 is 17.7 Å². The largest absolute Gasteiger partial charge is 0.373 e. The van der Waals surface area contributed by atoms with Gasteiger partial charge < -0.3 is 4.74 Å². The molecule has 1 aliphatic heterocycles. The number of halogens is 1. The van der Waals surface area contributed by atoms with Crippen LogP contribution >= 0.6 is 11.6 Å². The fourth-order valence-corrected chi connectivity index (χ4v) is 1.26. The van der Waals surface area contributed by atoms with E-state index in [1.165, 1.54) is 5.56 Å². The summed E-state index contributed by atoms with van der Waals surface area (Å²) in [4.78, 5) is 0. The van der Waals surface area contributed by atoms with Gasteiger partial charge in [0, 0.05) is 5.02 Å². The molecule has 0 spiro atoms. The van der Waals surface area contributed by atoms with E-state index in [9.17, 15) is 0 Å². The number of benzene rings is 1. The lowest BCUT2D eigenvalue weighted by Crippen LogP contribution is -1.78. The molecule has 2 rings (SSSR count). The van der Waals surface area contributed by atoms with Crippen molar-refractivity contribution in [2.24, 2.45) is 0 Å². The van der Waals surface area contributed by atoms with E-state index < -0.39 is 0 Å². The average Bonchev–Trinajstić information content (AvgIpc) is 2.92. The molecule has 0 aromatic heterocycles. The van der Waals surface area contributed by atoms with Gasteiger partial charge in [0.05, 0.1) is 12.7 Å². The minimum atomic E-state index is 0.476. The minimum Gasteiger partial charge on any atom is -0.373 e. The van der Waals surface area contributed by atoms with E-state index in [0.29, 0.717) is 6.10 Å². The normalized spacial score (nSPS) is 20.8. The van der Waals surface area contributed by atoms with Gasteiger partial charge >= 0.3 is 0 Å². The van der Waals surface area contributed by atoms with E-state index in [2.05, 4.69) is 12.2 Å². The Balaban J connectivity index is 1.92. The zero-order chi connectivity index (χ0) is 9.10. The fraction of sp³-hybridized carbons (Fsp3) is 0.273. The Morgan fingerprint density at radius 2 is 2.08 bits per heavy atom.